The Bertz CT molecular complexity index is 572. The summed E-state index contributed by atoms with van der Waals surface area (Å²) >= 11 is 5.31. The van der Waals surface area contributed by atoms with Crippen LogP contribution in [0.5, 0.6) is 0 Å². The smallest absolute Gasteiger partial charge is 0.0981 e. The number of hydrogen-bond acceptors (Lipinski definition) is 3. The van der Waals surface area contributed by atoms with Gasteiger partial charge in [-0.3, -0.25) is 0 Å². The fourth-order valence-electron chi connectivity index (χ4n) is 1.88. The Hall–Kier alpha value is -0.710. The summed E-state index contributed by atoms with van der Waals surface area (Å²) < 4.78 is 1.12. The molecule has 0 aliphatic rings. The van der Waals surface area contributed by atoms with E-state index in [0.29, 0.717) is 6.04 Å². The average Bonchev–Trinajstić information content (AvgIpc) is 2.84. The summed E-state index contributed by atoms with van der Waals surface area (Å²) in [6, 6.07) is 8.75. The molecule has 0 saturated heterocycles. The van der Waals surface area contributed by atoms with E-state index in [0.717, 1.165) is 11.0 Å². The summed E-state index contributed by atoms with van der Waals surface area (Å²) in [6.45, 7) is 9.66. The van der Waals surface area contributed by atoms with Gasteiger partial charge >= 0.3 is 0 Å². The summed E-state index contributed by atoms with van der Waals surface area (Å²) in [6.07, 6.45) is 1.99. The Balaban J connectivity index is 1.97. The SMILES string of the molecule is CC(NCc1cnc(C(C)(C)C)s1)c1cccc(Br)c1. The Morgan fingerprint density at radius 3 is 2.70 bits per heavy atom. The van der Waals surface area contributed by atoms with Gasteiger partial charge in [0.15, 0.2) is 0 Å². The van der Waals surface area contributed by atoms with E-state index in [9.17, 15) is 0 Å². The van der Waals surface area contributed by atoms with E-state index in [1.54, 1.807) is 11.3 Å². The molecule has 2 aromatic rings. The van der Waals surface area contributed by atoms with Crippen LogP contribution >= 0.6 is 27.3 Å². The van der Waals surface area contributed by atoms with Crippen molar-refractivity contribution in [3.8, 4) is 0 Å². The highest BCUT2D eigenvalue weighted by Gasteiger charge is 2.18. The van der Waals surface area contributed by atoms with E-state index in [1.807, 2.05) is 6.20 Å². The second-order valence-electron chi connectivity index (χ2n) is 6.04. The molecule has 1 aromatic carbocycles. The summed E-state index contributed by atoms with van der Waals surface area (Å²) in [5, 5.41) is 4.76. The molecule has 0 bridgehead atoms. The van der Waals surface area contributed by atoms with Gasteiger partial charge < -0.3 is 5.32 Å². The van der Waals surface area contributed by atoms with Crippen LogP contribution in [0.2, 0.25) is 0 Å². The first-order valence-electron chi connectivity index (χ1n) is 6.80. The zero-order valence-corrected chi connectivity index (χ0v) is 14.8. The Morgan fingerprint density at radius 1 is 1.35 bits per heavy atom. The number of aromatic nitrogens is 1. The van der Waals surface area contributed by atoms with Crippen molar-refractivity contribution in [2.45, 2.75) is 45.7 Å². The molecule has 0 aliphatic heterocycles. The molecule has 0 spiro atoms. The normalized spacial score (nSPS) is 13.4. The molecule has 20 heavy (non-hydrogen) atoms. The van der Waals surface area contributed by atoms with Gasteiger partial charge in [-0.15, -0.1) is 11.3 Å². The van der Waals surface area contributed by atoms with Gasteiger partial charge in [-0.2, -0.15) is 0 Å². The van der Waals surface area contributed by atoms with E-state index < -0.39 is 0 Å². The van der Waals surface area contributed by atoms with Gasteiger partial charge in [0.2, 0.25) is 0 Å². The number of benzene rings is 1. The summed E-state index contributed by atoms with van der Waals surface area (Å²) in [4.78, 5) is 5.81. The van der Waals surface area contributed by atoms with E-state index in [4.69, 9.17) is 0 Å². The highest BCUT2D eigenvalue weighted by Crippen LogP contribution is 2.27. The predicted molar refractivity (Wildman–Crippen MR) is 90.2 cm³/mol. The predicted octanol–water partition coefficient (Wildman–Crippen LogP) is 5.05. The van der Waals surface area contributed by atoms with Crippen molar-refractivity contribution in [3.63, 3.8) is 0 Å². The number of rotatable bonds is 4. The number of nitrogens with one attached hydrogen (secondary N) is 1. The third-order valence-corrected chi connectivity index (χ3v) is 5.04. The summed E-state index contributed by atoms with van der Waals surface area (Å²) in [7, 11) is 0. The number of halogens is 1. The van der Waals surface area contributed by atoms with Crippen molar-refractivity contribution < 1.29 is 0 Å². The lowest BCUT2D eigenvalue weighted by atomic mass is 9.98. The molecule has 0 radical (unpaired) electrons. The molecule has 0 fully saturated rings. The van der Waals surface area contributed by atoms with Crippen molar-refractivity contribution in [3.05, 3.63) is 50.4 Å². The van der Waals surface area contributed by atoms with Crippen molar-refractivity contribution in [2.24, 2.45) is 0 Å². The van der Waals surface area contributed by atoms with Crippen LogP contribution in [0.4, 0.5) is 0 Å². The molecule has 108 valence electrons. The molecule has 0 amide bonds. The van der Waals surface area contributed by atoms with Crippen LogP contribution in [-0.4, -0.2) is 4.98 Å². The third kappa shape index (κ3) is 4.14. The minimum atomic E-state index is 0.138. The molecule has 4 heteroatoms. The van der Waals surface area contributed by atoms with Crippen LogP contribution in [0.15, 0.2) is 34.9 Å². The molecule has 2 rings (SSSR count). The fraction of sp³-hybridized carbons (Fsp3) is 0.438. The zero-order chi connectivity index (χ0) is 14.8. The minimum Gasteiger partial charge on any atom is -0.305 e. The molecule has 0 aliphatic carbocycles. The maximum absolute atomic E-state index is 4.52. The lowest BCUT2D eigenvalue weighted by Gasteiger charge is -2.14. The Morgan fingerprint density at radius 2 is 2.10 bits per heavy atom. The second-order valence-corrected chi connectivity index (χ2v) is 8.07. The van der Waals surface area contributed by atoms with Crippen LogP contribution in [-0.2, 0) is 12.0 Å². The first kappa shape index (κ1) is 15.7. The quantitative estimate of drug-likeness (QED) is 0.832. The molecule has 1 N–H and O–H groups in total. The minimum absolute atomic E-state index is 0.138. The van der Waals surface area contributed by atoms with Gasteiger partial charge in [0, 0.05) is 33.5 Å². The average molecular weight is 353 g/mol. The monoisotopic (exact) mass is 352 g/mol. The van der Waals surface area contributed by atoms with E-state index in [-0.39, 0.29) is 5.41 Å². The summed E-state index contributed by atoms with van der Waals surface area (Å²) in [5.41, 5.74) is 1.43. The maximum atomic E-state index is 4.52. The Labute approximate surface area is 133 Å². The van der Waals surface area contributed by atoms with Crippen LogP contribution < -0.4 is 5.32 Å². The molecule has 2 nitrogen and oxygen atoms in total. The van der Waals surface area contributed by atoms with Gasteiger partial charge in [0.05, 0.1) is 5.01 Å². The maximum Gasteiger partial charge on any atom is 0.0981 e. The molecule has 1 aromatic heterocycles. The Kier molecular flexibility index (Phi) is 4.99. The number of nitrogens with zero attached hydrogens (tertiary/aromatic N) is 1. The van der Waals surface area contributed by atoms with Gasteiger partial charge in [-0.25, -0.2) is 4.98 Å². The molecule has 0 saturated carbocycles. The van der Waals surface area contributed by atoms with Gasteiger partial charge in [0.25, 0.3) is 0 Å². The topological polar surface area (TPSA) is 24.9 Å². The zero-order valence-electron chi connectivity index (χ0n) is 12.4. The second kappa shape index (κ2) is 6.37. The van der Waals surface area contributed by atoms with E-state index in [2.05, 4.69) is 78.2 Å². The standard InChI is InChI=1S/C16H21BrN2S/c1-11(12-6-5-7-13(17)8-12)18-9-14-10-19-15(20-14)16(2,3)4/h5-8,10-11,18H,9H2,1-4H3. The van der Waals surface area contributed by atoms with E-state index >= 15 is 0 Å². The lowest BCUT2D eigenvalue weighted by Crippen LogP contribution is -2.17. The third-order valence-electron chi connectivity index (χ3n) is 3.13. The van der Waals surface area contributed by atoms with Gasteiger partial charge in [-0.1, -0.05) is 48.8 Å². The molecular formula is C16H21BrN2S. The van der Waals surface area contributed by atoms with Crippen molar-refractivity contribution in [2.75, 3.05) is 0 Å². The lowest BCUT2D eigenvalue weighted by molar-refractivity contribution is 0.578. The molecular weight excluding hydrogens is 332 g/mol. The van der Waals surface area contributed by atoms with Gasteiger partial charge in [0.1, 0.15) is 0 Å². The largest absolute Gasteiger partial charge is 0.305 e. The fourth-order valence-corrected chi connectivity index (χ4v) is 3.22. The molecule has 1 unspecified atom stereocenters. The van der Waals surface area contributed by atoms with Crippen molar-refractivity contribution >= 4 is 27.3 Å². The van der Waals surface area contributed by atoms with Crippen LogP contribution in [0, 0.1) is 0 Å². The first-order valence-corrected chi connectivity index (χ1v) is 8.41. The van der Waals surface area contributed by atoms with Crippen molar-refractivity contribution in [1.29, 1.82) is 0 Å². The van der Waals surface area contributed by atoms with E-state index in [1.165, 1.54) is 15.4 Å². The van der Waals surface area contributed by atoms with Crippen LogP contribution in [0.3, 0.4) is 0 Å². The summed E-state index contributed by atoms with van der Waals surface area (Å²) in [5.74, 6) is 0. The highest BCUT2D eigenvalue weighted by atomic mass is 79.9. The van der Waals surface area contributed by atoms with Gasteiger partial charge in [-0.05, 0) is 24.6 Å². The molecule has 1 heterocycles. The van der Waals surface area contributed by atoms with Crippen LogP contribution in [0.1, 0.15) is 49.2 Å². The number of thiazole rings is 1. The highest BCUT2D eigenvalue weighted by molar-refractivity contribution is 9.10. The molecule has 1 atom stereocenters. The van der Waals surface area contributed by atoms with Crippen LogP contribution in [0.25, 0.3) is 0 Å². The number of hydrogen-bond donors (Lipinski definition) is 1. The first-order chi connectivity index (χ1) is 9.36. The van der Waals surface area contributed by atoms with Crippen molar-refractivity contribution in [1.82, 2.24) is 10.3 Å².